The number of rotatable bonds is 9. The summed E-state index contributed by atoms with van der Waals surface area (Å²) in [6.45, 7) is 2.19. The van der Waals surface area contributed by atoms with Crippen LogP contribution in [0.3, 0.4) is 0 Å². The summed E-state index contributed by atoms with van der Waals surface area (Å²) in [5, 5.41) is 2.74. The molecule has 1 fully saturated rings. The van der Waals surface area contributed by atoms with Crippen molar-refractivity contribution in [3.05, 3.63) is 36.4 Å². The average Bonchev–Trinajstić information content (AvgIpc) is 3.21. The van der Waals surface area contributed by atoms with Crippen LogP contribution in [0.2, 0.25) is 0 Å². The molecule has 3 rings (SSSR count). The summed E-state index contributed by atoms with van der Waals surface area (Å²) >= 11 is 0. The van der Waals surface area contributed by atoms with Crippen molar-refractivity contribution in [3.8, 4) is 17.2 Å². The van der Waals surface area contributed by atoms with Gasteiger partial charge in [-0.2, -0.15) is 0 Å². The Bertz CT molecular complexity index is 1180. The lowest BCUT2D eigenvalue weighted by Gasteiger charge is -2.20. The van der Waals surface area contributed by atoms with Crippen molar-refractivity contribution in [2.45, 2.75) is 18.2 Å². The van der Waals surface area contributed by atoms with E-state index < -0.39 is 21.8 Å². The van der Waals surface area contributed by atoms with Crippen molar-refractivity contribution in [1.29, 1.82) is 0 Å². The topological polar surface area (TPSA) is 114 Å². The molecule has 1 aliphatic rings. The van der Waals surface area contributed by atoms with E-state index in [1.54, 1.807) is 31.2 Å². The SMILES string of the molecule is CCOc1ccc(NC(=O)C2CC(=O)N(c3cc(OC)ccc3OC)C2)cc1S(=O)(=O)N(C)C. The largest absolute Gasteiger partial charge is 0.497 e. The Hall–Kier alpha value is -3.31. The number of carbonyl (C=O) groups excluding carboxylic acids is 2. The van der Waals surface area contributed by atoms with Crippen molar-refractivity contribution in [2.24, 2.45) is 5.92 Å². The zero-order chi connectivity index (χ0) is 25.0. The summed E-state index contributed by atoms with van der Waals surface area (Å²) in [6.07, 6.45) is 0.00603. The second-order valence-electron chi connectivity index (χ2n) is 7.81. The van der Waals surface area contributed by atoms with Gasteiger partial charge >= 0.3 is 0 Å². The number of sulfonamides is 1. The highest BCUT2D eigenvalue weighted by molar-refractivity contribution is 7.89. The van der Waals surface area contributed by atoms with E-state index in [2.05, 4.69) is 5.32 Å². The number of nitrogens with zero attached hydrogens (tertiary/aromatic N) is 2. The third kappa shape index (κ3) is 5.10. The fourth-order valence-electron chi connectivity index (χ4n) is 3.63. The third-order valence-electron chi connectivity index (χ3n) is 5.44. The van der Waals surface area contributed by atoms with Crippen molar-refractivity contribution in [3.63, 3.8) is 0 Å². The van der Waals surface area contributed by atoms with Crippen molar-refractivity contribution >= 4 is 33.2 Å². The number of nitrogens with one attached hydrogen (secondary N) is 1. The zero-order valence-corrected chi connectivity index (χ0v) is 20.6. The molecule has 184 valence electrons. The molecule has 0 aromatic heterocycles. The second-order valence-corrected chi connectivity index (χ2v) is 9.93. The van der Waals surface area contributed by atoms with Crippen LogP contribution in [0.5, 0.6) is 17.2 Å². The van der Waals surface area contributed by atoms with Crippen LogP contribution >= 0.6 is 0 Å². The van der Waals surface area contributed by atoms with Crippen LogP contribution in [0.15, 0.2) is 41.3 Å². The normalized spacial score (nSPS) is 16.0. The van der Waals surface area contributed by atoms with Gasteiger partial charge in [-0.25, -0.2) is 12.7 Å². The Morgan fingerprint density at radius 2 is 1.82 bits per heavy atom. The lowest BCUT2D eigenvalue weighted by molar-refractivity contribution is -0.122. The van der Waals surface area contributed by atoms with Crippen LogP contribution in [-0.4, -0.2) is 66.0 Å². The van der Waals surface area contributed by atoms with Gasteiger partial charge in [-0.05, 0) is 37.3 Å². The first-order valence-corrected chi connectivity index (χ1v) is 12.1. The van der Waals surface area contributed by atoms with Gasteiger partial charge in [0.05, 0.1) is 32.4 Å². The number of benzene rings is 2. The summed E-state index contributed by atoms with van der Waals surface area (Å²) in [7, 11) is 2.06. The van der Waals surface area contributed by atoms with E-state index in [0.29, 0.717) is 22.9 Å². The van der Waals surface area contributed by atoms with Gasteiger partial charge in [-0.3, -0.25) is 9.59 Å². The summed E-state index contributed by atoms with van der Waals surface area (Å²) in [5.74, 6) is -0.0180. The minimum absolute atomic E-state index is 0.00603. The minimum Gasteiger partial charge on any atom is -0.497 e. The maximum atomic E-state index is 13.0. The number of hydrogen-bond acceptors (Lipinski definition) is 7. The molecule has 1 atom stereocenters. The van der Waals surface area contributed by atoms with Crippen LogP contribution in [0, 0.1) is 5.92 Å². The first-order chi connectivity index (χ1) is 16.1. The monoisotopic (exact) mass is 491 g/mol. The van der Waals surface area contributed by atoms with Gasteiger partial charge in [-0.1, -0.05) is 0 Å². The van der Waals surface area contributed by atoms with Crippen LogP contribution in [0.25, 0.3) is 0 Å². The highest BCUT2D eigenvalue weighted by atomic mass is 32.2. The molecule has 1 saturated heterocycles. The highest BCUT2D eigenvalue weighted by Crippen LogP contribution is 2.36. The number of methoxy groups -OCH3 is 2. The smallest absolute Gasteiger partial charge is 0.246 e. The van der Waals surface area contributed by atoms with E-state index in [1.165, 1.54) is 45.3 Å². The van der Waals surface area contributed by atoms with Crippen molar-refractivity contribution < 1.29 is 32.2 Å². The Morgan fingerprint density at radius 3 is 2.44 bits per heavy atom. The molecule has 0 bridgehead atoms. The summed E-state index contributed by atoms with van der Waals surface area (Å²) in [4.78, 5) is 27.2. The van der Waals surface area contributed by atoms with Gasteiger partial charge in [0.2, 0.25) is 21.8 Å². The van der Waals surface area contributed by atoms with Gasteiger partial charge in [0.25, 0.3) is 0 Å². The maximum absolute atomic E-state index is 13.0. The van der Waals surface area contributed by atoms with E-state index in [4.69, 9.17) is 14.2 Å². The Morgan fingerprint density at radius 1 is 1.12 bits per heavy atom. The molecule has 0 saturated carbocycles. The third-order valence-corrected chi connectivity index (χ3v) is 7.28. The van der Waals surface area contributed by atoms with Gasteiger partial charge in [0, 0.05) is 38.8 Å². The molecule has 1 heterocycles. The predicted octanol–water partition coefficient (Wildman–Crippen LogP) is 2.34. The second kappa shape index (κ2) is 10.3. The predicted molar refractivity (Wildman–Crippen MR) is 127 cm³/mol. The maximum Gasteiger partial charge on any atom is 0.246 e. The first-order valence-electron chi connectivity index (χ1n) is 10.6. The van der Waals surface area contributed by atoms with Crippen LogP contribution in [0.4, 0.5) is 11.4 Å². The van der Waals surface area contributed by atoms with E-state index in [0.717, 1.165) is 4.31 Å². The standard InChI is InChI=1S/C23H29N3O7S/c1-6-33-20-9-7-16(12-21(20)34(29,30)25(2)3)24-23(28)15-11-22(27)26(14-15)18-13-17(31-4)8-10-19(18)32-5/h7-10,12-13,15H,6,11,14H2,1-5H3,(H,24,28). The van der Waals surface area contributed by atoms with Crippen LogP contribution < -0.4 is 24.4 Å². The molecular weight excluding hydrogens is 462 g/mol. The Kier molecular flexibility index (Phi) is 7.68. The van der Waals surface area contributed by atoms with Gasteiger partial charge in [0.1, 0.15) is 22.1 Å². The quantitative estimate of drug-likeness (QED) is 0.573. The number of carbonyl (C=O) groups is 2. The minimum atomic E-state index is -3.81. The molecule has 2 aromatic carbocycles. The van der Waals surface area contributed by atoms with E-state index >= 15 is 0 Å². The van der Waals surface area contributed by atoms with Gasteiger partial charge in [0.15, 0.2) is 0 Å². The van der Waals surface area contributed by atoms with Gasteiger partial charge in [-0.15, -0.1) is 0 Å². The molecule has 0 radical (unpaired) electrons. The molecule has 0 spiro atoms. The number of amides is 2. The highest BCUT2D eigenvalue weighted by Gasteiger charge is 2.36. The summed E-state index contributed by atoms with van der Waals surface area (Å²) < 4.78 is 42.6. The fraction of sp³-hybridized carbons (Fsp3) is 0.391. The van der Waals surface area contributed by atoms with Crippen molar-refractivity contribution in [2.75, 3.05) is 51.7 Å². The van der Waals surface area contributed by atoms with E-state index in [1.807, 2.05) is 0 Å². The van der Waals surface area contributed by atoms with E-state index in [-0.39, 0.29) is 36.1 Å². The number of hydrogen-bond donors (Lipinski definition) is 1. The van der Waals surface area contributed by atoms with Gasteiger partial charge < -0.3 is 24.4 Å². The molecule has 0 aliphatic carbocycles. The molecule has 1 N–H and O–H groups in total. The Labute approximate surface area is 199 Å². The number of anilines is 2. The molecule has 10 nitrogen and oxygen atoms in total. The molecule has 1 aliphatic heterocycles. The fourth-order valence-corrected chi connectivity index (χ4v) is 4.68. The molecule has 1 unspecified atom stereocenters. The van der Waals surface area contributed by atoms with Crippen LogP contribution in [0.1, 0.15) is 13.3 Å². The first kappa shape index (κ1) is 25.3. The summed E-state index contributed by atoms with van der Waals surface area (Å²) in [5.41, 5.74) is 0.807. The zero-order valence-electron chi connectivity index (χ0n) is 19.8. The molecule has 34 heavy (non-hydrogen) atoms. The van der Waals surface area contributed by atoms with Crippen LogP contribution in [-0.2, 0) is 19.6 Å². The Balaban J connectivity index is 1.83. The lowest BCUT2D eigenvalue weighted by Crippen LogP contribution is -2.28. The summed E-state index contributed by atoms with van der Waals surface area (Å²) in [6, 6.07) is 9.53. The van der Waals surface area contributed by atoms with E-state index in [9.17, 15) is 18.0 Å². The molecule has 2 amide bonds. The average molecular weight is 492 g/mol. The lowest BCUT2D eigenvalue weighted by atomic mass is 10.1. The number of ether oxygens (including phenoxy) is 3. The molecule has 2 aromatic rings. The molecule has 11 heteroatoms. The van der Waals surface area contributed by atoms with Crippen molar-refractivity contribution in [1.82, 2.24) is 4.31 Å². The molecular formula is C23H29N3O7S.